The van der Waals surface area contributed by atoms with Crippen molar-refractivity contribution in [3.8, 4) is 0 Å². The zero-order valence-electron chi connectivity index (χ0n) is 10.3. The average Bonchev–Trinajstić information content (AvgIpc) is 2.81. The van der Waals surface area contributed by atoms with Gasteiger partial charge in [-0.1, -0.05) is 6.92 Å². The van der Waals surface area contributed by atoms with E-state index in [1.165, 1.54) is 12.8 Å². The van der Waals surface area contributed by atoms with E-state index in [1.54, 1.807) is 0 Å². The van der Waals surface area contributed by atoms with Crippen molar-refractivity contribution >= 4 is 0 Å². The molecular formula is C12H24N2O2. The van der Waals surface area contributed by atoms with Crippen molar-refractivity contribution in [2.75, 3.05) is 46.0 Å². The Labute approximate surface area is 98.3 Å². The van der Waals surface area contributed by atoms with Gasteiger partial charge in [0, 0.05) is 32.3 Å². The van der Waals surface area contributed by atoms with Gasteiger partial charge in [0.05, 0.1) is 19.3 Å². The number of nitrogens with zero attached hydrogens (tertiary/aromatic N) is 1. The number of hydrogen-bond donors (Lipinski definition) is 1. The van der Waals surface area contributed by atoms with Crippen molar-refractivity contribution in [2.45, 2.75) is 31.9 Å². The molecule has 94 valence electrons. The summed E-state index contributed by atoms with van der Waals surface area (Å²) in [7, 11) is 0. The third-order valence-corrected chi connectivity index (χ3v) is 3.44. The zero-order valence-corrected chi connectivity index (χ0v) is 10.3. The molecule has 2 atom stereocenters. The number of nitrogens with one attached hydrogen (secondary N) is 1. The molecular weight excluding hydrogens is 204 g/mol. The van der Waals surface area contributed by atoms with Crippen LogP contribution >= 0.6 is 0 Å². The average molecular weight is 228 g/mol. The summed E-state index contributed by atoms with van der Waals surface area (Å²) in [4.78, 5) is 2.53. The first kappa shape index (κ1) is 12.3. The van der Waals surface area contributed by atoms with Gasteiger partial charge in [-0.3, -0.25) is 4.90 Å². The van der Waals surface area contributed by atoms with Crippen molar-refractivity contribution in [3.05, 3.63) is 0 Å². The van der Waals surface area contributed by atoms with Crippen molar-refractivity contribution in [1.29, 1.82) is 0 Å². The third-order valence-electron chi connectivity index (χ3n) is 3.44. The van der Waals surface area contributed by atoms with E-state index in [4.69, 9.17) is 9.47 Å². The van der Waals surface area contributed by atoms with Crippen LogP contribution in [0.2, 0.25) is 0 Å². The Balaban J connectivity index is 1.78. The number of morpholine rings is 1. The smallest absolute Gasteiger partial charge is 0.0703 e. The van der Waals surface area contributed by atoms with Crippen molar-refractivity contribution in [3.63, 3.8) is 0 Å². The van der Waals surface area contributed by atoms with Crippen LogP contribution in [0.1, 0.15) is 19.8 Å². The molecule has 2 heterocycles. The minimum Gasteiger partial charge on any atom is -0.378 e. The minimum atomic E-state index is 0.460. The lowest BCUT2D eigenvalue weighted by Gasteiger charge is -2.36. The molecule has 4 nitrogen and oxygen atoms in total. The highest BCUT2D eigenvalue weighted by molar-refractivity contribution is 4.80. The Morgan fingerprint density at radius 3 is 3.06 bits per heavy atom. The molecule has 0 spiro atoms. The SMILES string of the molecule is CCNCC1COCCN1CC1CCCO1. The fraction of sp³-hybridized carbons (Fsp3) is 1.00. The summed E-state index contributed by atoms with van der Waals surface area (Å²) in [6, 6.07) is 0.526. The molecule has 2 unspecified atom stereocenters. The van der Waals surface area contributed by atoms with Crippen LogP contribution in [0.3, 0.4) is 0 Å². The van der Waals surface area contributed by atoms with Gasteiger partial charge in [-0.25, -0.2) is 0 Å². The van der Waals surface area contributed by atoms with E-state index in [-0.39, 0.29) is 0 Å². The molecule has 0 amide bonds. The van der Waals surface area contributed by atoms with Gasteiger partial charge in [0.2, 0.25) is 0 Å². The quantitative estimate of drug-likeness (QED) is 0.742. The predicted molar refractivity (Wildman–Crippen MR) is 63.7 cm³/mol. The topological polar surface area (TPSA) is 33.7 Å². The van der Waals surface area contributed by atoms with E-state index in [2.05, 4.69) is 17.1 Å². The number of ether oxygens (including phenoxy) is 2. The number of hydrogen-bond acceptors (Lipinski definition) is 4. The fourth-order valence-electron chi connectivity index (χ4n) is 2.48. The molecule has 0 aliphatic carbocycles. The first-order valence-corrected chi connectivity index (χ1v) is 6.54. The molecule has 0 saturated carbocycles. The van der Waals surface area contributed by atoms with Gasteiger partial charge in [0.15, 0.2) is 0 Å². The van der Waals surface area contributed by atoms with Crippen molar-refractivity contribution in [1.82, 2.24) is 10.2 Å². The van der Waals surface area contributed by atoms with Crippen molar-refractivity contribution < 1.29 is 9.47 Å². The van der Waals surface area contributed by atoms with Crippen LogP contribution in [0, 0.1) is 0 Å². The summed E-state index contributed by atoms with van der Waals surface area (Å²) in [5, 5.41) is 3.41. The molecule has 2 rings (SSSR count). The normalized spacial score (nSPS) is 32.1. The van der Waals surface area contributed by atoms with Gasteiger partial charge >= 0.3 is 0 Å². The Bertz CT molecular complexity index is 195. The van der Waals surface area contributed by atoms with Crippen LogP contribution < -0.4 is 5.32 Å². The highest BCUT2D eigenvalue weighted by Gasteiger charge is 2.26. The standard InChI is InChI=1S/C12H24N2O2/c1-2-13-8-11-10-15-7-5-14(11)9-12-4-3-6-16-12/h11-13H,2-10H2,1H3. The van der Waals surface area contributed by atoms with Gasteiger partial charge in [-0.15, -0.1) is 0 Å². The zero-order chi connectivity index (χ0) is 11.2. The van der Waals surface area contributed by atoms with Gasteiger partial charge in [0.25, 0.3) is 0 Å². The van der Waals surface area contributed by atoms with Gasteiger partial charge in [-0.05, 0) is 19.4 Å². The molecule has 4 heteroatoms. The van der Waals surface area contributed by atoms with Gasteiger partial charge < -0.3 is 14.8 Å². The second-order valence-corrected chi connectivity index (χ2v) is 4.67. The lowest BCUT2D eigenvalue weighted by atomic mass is 10.1. The van der Waals surface area contributed by atoms with Crippen LogP contribution in [0.25, 0.3) is 0 Å². The molecule has 0 radical (unpaired) electrons. The van der Waals surface area contributed by atoms with Crippen LogP contribution in [0.4, 0.5) is 0 Å². The van der Waals surface area contributed by atoms with Crippen LogP contribution in [-0.2, 0) is 9.47 Å². The largest absolute Gasteiger partial charge is 0.378 e. The Morgan fingerprint density at radius 2 is 2.31 bits per heavy atom. The molecule has 0 aromatic heterocycles. The molecule has 16 heavy (non-hydrogen) atoms. The highest BCUT2D eigenvalue weighted by Crippen LogP contribution is 2.16. The summed E-state index contributed by atoms with van der Waals surface area (Å²) in [5.41, 5.74) is 0. The molecule has 2 fully saturated rings. The summed E-state index contributed by atoms with van der Waals surface area (Å²) in [6.07, 6.45) is 2.92. The van der Waals surface area contributed by atoms with E-state index >= 15 is 0 Å². The molecule has 2 saturated heterocycles. The summed E-state index contributed by atoms with van der Waals surface area (Å²) in [6.45, 7) is 9.03. The Hall–Kier alpha value is -0.160. The summed E-state index contributed by atoms with van der Waals surface area (Å²) >= 11 is 0. The number of likely N-dealkylation sites (N-methyl/N-ethyl adjacent to an activating group) is 1. The maximum atomic E-state index is 5.71. The molecule has 1 N–H and O–H groups in total. The second kappa shape index (κ2) is 6.55. The van der Waals surface area contributed by atoms with E-state index < -0.39 is 0 Å². The maximum absolute atomic E-state index is 5.71. The Kier molecular flexibility index (Phi) is 5.03. The van der Waals surface area contributed by atoms with E-state index in [0.29, 0.717) is 12.1 Å². The molecule has 2 aliphatic rings. The Morgan fingerprint density at radius 1 is 1.38 bits per heavy atom. The van der Waals surface area contributed by atoms with Crippen LogP contribution in [0.5, 0.6) is 0 Å². The second-order valence-electron chi connectivity index (χ2n) is 4.67. The van der Waals surface area contributed by atoms with Gasteiger partial charge in [-0.2, -0.15) is 0 Å². The summed E-state index contributed by atoms with van der Waals surface area (Å²) in [5.74, 6) is 0. The van der Waals surface area contributed by atoms with E-state index in [1.807, 2.05) is 0 Å². The molecule has 0 bridgehead atoms. The third kappa shape index (κ3) is 3.42. The van der Waals surface area contributed by atoms with Crippen LogP contribution in [0.15, 0.2) is 0 Å². The first-order chi connectivity index (χ1) is 7.90. The van der Waals surface area contributed by atoms with Crippen molar-refractivity contribution in [2.24, 2.45) is 0 Å². The molecule has 2 aliphatic heterocycles. The predicted octanol–water partition coefficient (Wildman–Crippen LogP) is 0.476. The van der Waals surface area contributed by atoms with E-state index in [9.17, 15) is 0 Å². The maximum Gasteiger partial charge on any atom is 0.0703 e. The monoisotopic (exact) mass is 228 g/mol. The lowest BCUT2D eigenvalue weighted by Crippen LogP contribution is -2.52. The molecule has 0 aromatic rings. The first-order valence-electron chi connectivity index (χ1n) is 6.54. The lowest BCUT2D eigenvalue weighted by molar-refractivity contribution is -0.0296. The fourth-order valence-corrected chi connectivity index (χ4v) is 2.48. The van der Waals surface area contributed by atoms with Gasteiger partial charge in [0.1, 0.15) is 0 Å². The highest BCUT2D eigenvalue weighted by atomic mass is 16.5. The molecule has 0 aromatic carbocycles. The van der Waals surface area contributed by atoms with E-state index in [0.717, 1.165) is 46.0 Å². The summed E-state index contributed by atoms with van der Waals surface area (Å²) < 4.78 is 11.3. The number of rotatable bonds is 5. The minimum absolute atomic E-state index is 0.460. The van der Waals surface area contributed by atoms with Crippen LogP contribution in [-0.4, -0.2) is 63.0 Å².